The van der Waals surface area contributed by atoms with Gasteiger partial charge in [-0.1, -0.05) is 23.7 Å². The van der Waals surface area contributed by atoms with Crippen molar-refractivity contribution in [3.05, 3.63) is 83.0 Å². The number of rotatable bonds is 6. The summed E-state index contributed by atoms with van der Waals surface area (Å²) in [6.45, 7) is 2.88. The van der Waals surface area contributed by atoms with Crippen LogP contribution in [-0.4, -0.2) is 94.2 Å². The molecule has 0 saturated carbocycles. The Bertz CT molecular complexity index is 1620. The molecular weight excluding hydrogens is 568 g/mol. The highest BCUT2D eigenvalue weighted by molar-refractivity contribution is 6.30. The largest absolute Gasteiger partial charge is 0.385 e. The van der Waals surface area contributed by atoms with Crippen LogP contribution in [0.5, 0.6) is 0 Å². The molecular formula is C31H35ClN8O3. The molecule has 6 rings (SSSR count). The minimum absolute atomic E-state index is 0.0950. The van der Waals surface area contributed by atoms with Gasteiger partial charge in [-0.3, -0.25) is 14.5 Å². The van der Waals surface area contributed by atoms with E-state index in [-0.39, 0.29) is 17.9 Å². The van der Waals surface area contributed by atoms with Gasteiger partial charge in [0.15, 0.2) is 5.65 Å². The molecule has 2 amide bonds. The number of pyridine rings is 1. The summed E-state index contributed by atoms with van der Waals surface area (Å²) >= 11 is 6.04. The second kappa shape index (κ2) is 11.8. The number of carbonyl (C=O) groups excluding carboxylic acids is 2. The van der Waals surface area contributed by atoms with E-state index >= 15 is 0 Å². The second-order valence-corrected chi connectivity index (χ2v) is 11.6. The van der Waals surface area contributed by atoms with Gasteiger partial charge in [-0.2, -0.15) is 4.98 Å². The van der Waals surface area contributed by atoms with E-state index in [1.165, 1.54) is 0 Å². The van der Waals surface area contributed by atoms with Crippen LogP contribution in [0.3, 0.4) is 0 Å². The average molecular weight is 603 g/mol. The number of hydrogen-bond donors (Lipinski definition) is 3. The zero-order valence-electron chi connectivity index (χ0n) is 24.2. The SMILES string of the molecule is CNC(=O)C1CN(C(=O)c2ccc(Nc3nc4c(N5CCC(O)(c6ccc(Cl)cc6)CC5)cccn4n3)cc2)CCN1C. The predicted octanol–water partition coefficient (Wildman–Crippen LogP) is 3.12. The number of amides is 2. The Morgan fingerprint density at radius 2 is 1.72 bits per heavy atom. The van der Waals surface area contributed by atoms with Crippen LogP contribution in [0.1, 0.15) is 28.8 Å². The average Bonchev–Trinajstić information content (AvgIpc) is 3.44. The molecule has 3 N–H and O–H groups in total. The number of hydrogen-bond acceptors (Lipinski definition) is 8. The molecule has 2 aromatic heterocycles. The molecule has 0 aliphatic carbocycles. The highest BCUT2D eigenvalue weighted by Gasteiger charge is 2.35. The van der Waals surface area contributed by atoms with Crippen molar-refractivity contribution < 1.29 is 14.7 Å². The monoisotopic (exact) mass is 602 g/mol. The lowest BCUT2D eigenvalue weighted by Gasteiger charge is -2.39. The van der Waals surface area contributed by atoms with Crippen molar-refractivity contribution >= 4 is 46.4 Å². The number of likely N-dealkylation sites (N-methyl/N-ethyl adjacent to an activating group) is 2. The highest BCUT2D eigenvalue weighted by Crippen LogP contribution is 2.36. The number of benzene rings is 2. The standard InChI is InChI=1S/C31H35ClN8O3/c1-33-28(41)26-20-39(19-18-37(26)2)29(42)21-5-11-24(12-6-21)34-30-35-27-25(4-3-15-40(27)36-30)38-16-13-31(43,14-17-38)22-7-9-23(32)10-8-22/h3-12,15,26,43H,13-14,16-20H2,1-2H3,(H,33,41)(H,34,36). The number of piperidine rings is 1. The number of fused-ring (bicyclic) bond motifs is 1. The number of nitrogens with one attached hydrogen (secondary N) is 2. The maximum absolute atomic E-state index is 13.2. The quantitative estimate of drug-likeness (QED) is 0.308. The van der Waals surface area contributed by atoms with Crippen LogP contribution in [-0.2, 0) is 10.4 Å². The number of aliphatic hydroxyl groups is 1. The summed E-state index contributed by atoms with van der Waals surface area (Å²) in [4.78, 5) is 36.1. The smallest absolute Gasteiger partial charge is 0.253 e. The first-order valence-corrected chi connectivity index (χ1v) is 14.8. The van der Waals surface area contributed by atoms with Gasteiger partial charge < -0.3 is 25.5 Å². The van der Waals surface area contributed by atoms with E-state index in [0.29, 0.717) is 62.1 Å². The molecule has 0 spiro atoms. The van der Waals surface area contributed by atoms with Gasteiger partial charge in [0.25, 0.3) is 5.91 Å². The lowest BCUT2D eigenvalue weighted by atomic mass is 9.84. The van der Waals surface area contributed by atoms with E-state index in [1.807, 2.05) is 66.7 Å². The minimum Gasteiger partial charge on any atom is -0.385 e. The number of halogens is 1. The lowest BCUT2D eigenvalue weighted by molar-refractivity contribution is -0.127. The van der Waals surface area contributed by atoms with Crippen molar-refractivity contribution in [3.63, 3.8) is 0 Å². The van der Waals surface area contributed by atoms with Crippen molar-refractivity contribution in [1.82, 2.24) is 29.7 Å². The Hall–Kier alpha value is -4.19. The molecule has 11 nitrogen and oxygen atoms in total. The molecule has 1 atom stereocenters. The lowest BCUT2D eigenvalue weighted by Crippen LogP contribution is -2.58. The number of anilines is 3. The van der Waals surface area contributed by atoms with Gasteiger partial charge in [-0.05, 0) is 74.0 Å². The Kier molecular flexibility index (Phi) is 7.95. The number of carbonyl (C=O) groups is 2. The van der Waals surface area contributed by atoms with Crippen molar-refractivity contribution in [3.8, 4) is 0 Å². The second-order valence-electron chi connectivity index (χ2n) is 11.2. The first-order chi connectivity index (χ1) is 20.7. The summed E-state index contributed by atoms with van der Waals surface area (Å²) in [7, 11) is 3.51. The third-order valence-electron chi connectivity index (χ3n) is 8.53. The summed E-state index contributed by atoms with van der Waals surface area (Å²) in [6, 6.07) is 18.2. The maximum atomic E-state index is 13.2. The number of nitrogens with zero attached hydrogens (tertiary/aromatic N) is 6. The zero-order chi connectivity index (χ0) is 30.1. The van der Waals surface area contributed by atoms with Gasteiger partial charge in [-0.15, -0.1) is 5.10 Å². The first-order valence-electron chi connectivity index (χ1n) is 14.4. The maximum Gasteiger partial charge on any atom is 0.253 e. The molecule has 2 aliphatic heterocycles. The van der Waals surface area contributed by atoms with Crippen LogP contribution in [0.15, 0.2) is 66.9 Å². The van der Waals surface area contributed by atoms with Gasteiger partial charge in [0, 0.05) is 62.2 Å². The first kappa shape index (κ1) is 28.9. The van der Waals surface area contributed by atoms with Gasteiger partial charge in [-0.25, -0.2) is 4.52 Å². The van der Waals surface area contributed by atoms with Crippen LogP contribution in [0.4, 0.5) is 17.3 Å². The zero-order valence-corrected chi connectivity index (χ0v) is 25.0. The van der Waals surface area contributed by atoms with Gasteiger partial charge >= 0.3 is 0 Å². The molecule has 2 saturated heterocycles. The molecule has 2 fully saturated rings. The predicted molar refractivity (Wildman–Crippen MR) is 166 cm³/mol. The van der Waals surface area contributed by atoms with Gasteiger partial charge in [0.2, 0.25) is 11.9 Å². The molecule has 43 heavy (non-hydrogen) atoms. The van der Waals surface area contributed by atoms with Crippen LogP contribution in [0, 0.1) is 0 Å². The molecule has 1 unspecified atom stereocenters. The van der Waals surface area contributed by atoms with Crippen molar-refractivity contribution in [2.24, 2.45) is 0 Å². The molecule has 0 radical (unpaired) electrons. The van der Waals surface area contributed by atoms with E-state index in [4.69, 9.17) is 16.6 Å². The number of aromatic nitrogens is 3. The van der Waals surface area contributed by atoms with E-state index in [2.05, 4.69) is 20.6 Å². The van der Waals surface area contributed by atoms with Crippen LogP contribution in [0.25, 0.3) is 5.65 Å². The molecule has 2 aromatic carbocycles. The van der Waals surface area contributed by atoms with Crippen LogP contribution >= 0.6 is 11.6 Å². The summed E-state index contributed by atoms with van der Waals surface area (Å²) < 4.78 is 1.74. The molecule has 224 valence electrons. The van der Waals surface area contributed by atoms with Gasteiger partial charge in [0.1, 0.15) is 6.04 Å². The van der Waals surface area contributed by atoms with Crippen molar-refractivity contribution in [2.45, 2.75) is 24.5 Å². The Labute approximate surface area is 255 Å². The fourth-order valence-corrected chi connectivity index (χ4v) is 6.00. The molecule has 2 aliphatic rings. The van der Waals surface area contributed by atoms with E-state index in [9.17, 15) is 14.7 Å². The van der Waals surface area contributed by atoms with Crippen molar-refractivity contribution in [2.75, 3.05) is 57.0 Å². The normalized spacial score (nSPS) is 18.9. The van der Waals surface area contributed by atoms with Gasteiger partial charge in [0.05, 0.1) is 11.3 Å². The molecule has 12 heteroatoms. The fourth-order valence-electron chi connectivity index (χ4n) is 5.87. The Balaban J connectivity index is 1.12. The van der Waals surface area contributed by atoms with Crippen molar-refractivity contribution in [1.29, 1.82) is 0 Å². The van der Waals surface area contributed by atoms with Crippen LogP contribution < -0.4 is 15.5 Å². The summed E-state index contributed by atoms with van der Waals surface area (Å²) in [5.41, 5.74) is 2.96. The topological polar surface area (TPSA) is 118 Å². The Morgan fingerprint density at radius 3 is 2.42 bits per heavy atom. The van der Waals surface area contributed by atoms with E-state index in [0.717, 1.165) is 22.6 Å². The summed E-state index contributed by atoms with van der Waals surface area (Å²) in [6.07, 6.45) is 3.02. The van der Waals surface area contributed by atoms with Crippen LogP contribution in [0.2, 0.25) is 5.02 Å². The van der Waals surface area contributed by atoms with E-state index < -0.39 is 5.60 Å². The molecule has 0 bridgehead atoms. The number of piperazine rings is 1. The minimum atomic E-state index is -0.893. The Morgan fingerprint density at radius 1 is 1.00 bits per heavy atom. The molecule has 4 aromatic rings. The molecule has 4 heterocycles. The summed E-state index contributed by atoms with van der Waals surface area (Å²) in [5, 5.41) is 22.5. The highest BCUT2D eigenvalue weighted by atomic mass is 35.5. The third kappa shape index (κ3) is 5.88. The fraction of sp³-hybridized carbons (Fsp3) is 0.355. The third-order valence-corrected chi connectivity index (χ3v) is 8.78. The van der Waals surface area contributed by atoms with E-state index in [1.54, 1.807) is 28.6 Å². The summed E-state index contributed by atoms with van der Waals surface area (Å²) in [5.74, 6) is 0.240.